The molecule has 1 aromatic rings. The number of carbonyl (C=O) groups is 1. The fraction of sp³-hybridized carbons (Fsp3) is 0.333. The SMILES string of the molecule is CC(N)C(=O)Nc1ccc(C2=NCCN2)cc1. The Hall–Kier alpha value is -1.88. The first-order chi connectivity index (χ1) is 8.16. The smallest absolute Gasteiger partial charge is 0.240 e. The van der Waals surface area contributed by atoms with E-state index < -0.39 is 6.04 Å². The third-order valence-electron chi connectivity index (χ3n) is 2.51. The quantitative estimate of drug-likeness (QED) is 0.702. The van der Waals surface area contributed by atoms with Gasteiger partial charge in [0.2, 0.25) is 5.91 Å². The molecule has 1 aliphatic rings. The van der Waals surface area contributed by atoms with Gasteiger partial charge in [0.15, 0.2) is 0 Å². The van der Waals surface area contributed by atoms with Gasteiger partial charge in [0, 0.05) is 17.8 Å². The van der Waals surface area contributed by atoms with Crippen LogP contribution in [0, 0.1) is 0 Å². The highest BCUT2D eigenvalue weighted by atomic mass is 16.2. The minimum atomic E-state index is -0.504. The van der Waals surface area contributed by atoms with Crippen LogP contribution in [0.2, 0.25) is 0 Å². The molecule has 1 heterocycles. The molecule has 1 atom stereocenters. The minimum Gasteiger partial charge on any atom is -0.368 e. The number of amidine groups is 1. The number of hydrogen-bond donors (Lipinski definition) is 3. The average Bonchev–Trinajstić information content (AvgIpc) is 2.83. The number of benzene rings is 1. The average molecular weight is 232 g/mol. The maximum Gasteiger partial charge on any atom is 0.240 e. The zero-order chi connectivity index (χ0) is 12.3. The maximum atomic E-state index is 11.4. The Balaban J connectivity index is 2.05. The molecule has 0 aliphatic carbocycles. The molecule has 90 valence electrons. The number of anilines is 1. The highest BCUT2D eigenvalue weighted by Gasteiger charge is 2.09. The van der Waals surface area contributed by atoms with Crippen LogP contribution in [0.4, 0.5) is 5.69 Å². The van der Waals surface area contributed by atoms with Gasteiger partial charge in [-0.25, -0.2) is 0 Å². The van der Waals surface area contributed by atoms with E-state index in [0.29, 0.717) is 0 Å². The first-order valence-electron chi connectivity index (χ1n) is 5.62. The summed E-state index contributed by atoms with van der Waals surface area (Å²) in [6.07, 6.45) is 0. The normalized spacial score (nSPS) is 16.0. The van der Waals surface area contributed by atoms with E-state index in [1.54, 1.807) is 6.92 Å². The molecule has 4 N–H and O–H groups in total. The standard InChI is InChI=1S/C12H16N4O/c1-8(13)12(17)16-10-4-2-9(3-5-10)11-14-6-7-15-11/h2-5,8H,6-7,13H2,1H3,(H,14,15)(H,16,17). The number of hydrogen-bond acceptors (Lipinski definition) is 4. The van der Waals surface area contributed by atoms with Gasteiger partial charge in [0.1, 0.15) is 5.84 Å². The summed E-state index contributed by atoms with van der Waals surface area (Å²) in [7, 11) is 0. The zero-order valence-electron chi connectivity index (χ0n) is 9.73. The summed E-state index contributed by atoms with van der Waals surface area (Å²) in [5, 5.41) is 5.93. The van der Waals surface area contributed by atoms with Gasteiger partial charge in [-0.1, -0.05) is 0 Å². The minimum absolute atomic E-state index is 0.186. The van der Waals surface area contributed by atoms with Gasteiger partial charge in [0.05, 0.1) is 12.6 Å². The number of nitrogens with one attached hydrogen (secondary N) is 2. The van der Waals surface area contributed by atoms with Crippen molar-refractivity contribution in [2.24, 2.45) is 10.7 Å². The van der Waals surface area contributed by atoms with Crippen molar-refractivity contribution in [1.82, 2.24) is 5.32 Å². The molecule has 0 saturated carbocycles. The molecular weight excluding hydrogens is 216 g/mol. The van der Waals surface area contributed by atoms with Gasteiger partial charge in [-0.3, -0.25) is 9.79 Å². The summed E-state index contributed by atoms with van der Waals surface area (Å²) in [4.78, 5) is 15.7. The Morgan fingerprint density at radius 3 is 2.71 bits per heavy atom. The fourth-order valence-electron chi connectivity index (χ4n) is 1.56. The number of carbonyl (C=O) groups excluding carboxylic acids is 1. The van der Waals surface area contributed by atoms with E-state index in [0.717, 1.165) is 30.2 Å². The van der Waals surface area contributed by atoms with Crippen LogP contribution in [0.1, 0.15) is 12.5 Å². The van der Waals surface area contributed by atoms with Gasteiger partial charge < -0.3 is 16.4 Å². The van der Waals surface area contributed by atoms with Crippen LogP contribution < -0.4 is 16.4 Å². The molecule has 1 amide bonds. The van der Waals surface area contributed by atoms with Crippen LogP contribution in [-0.2, 0) is 4.79 Å². The molecule has 5 heteroatoms. The van der Waals surface area contributed by atoms with Crippen molar-refractivity contribution < 1.29 is 4.79 Å². The van der Waals surface area contributed by atoms with Crippen molar-refractivity contribution in [3.8, 4) is 0 Å². The lowest BCUT2D eigenvalue weighted by Gasteiger charge is -2.08. The third kappa shape index (κ3) is 2.82. The van der Waals surface area contributed by atoms with Crippen molar-refractivity contribution in [2.75, 3.05) is 18.4 Å². The largest absolute Gasteiger partial charge is 0.368 e. The van der Waals surface area contributed by atoms with E-state index in [2.05, 4.69) is 15.6 Å². The second-order valence-electron chi connectivity index (χ2n) is 4.01. The topological polar surface area (TPSA) is 79.5 Å². The molecule has 0 fully saturated rings. The summed E-state index contributed by atoms with van der Waals surface area (Å²) in [6, 6.07) is 7.04. The van der Waals surface area contributed by atoms with Gasteiger partial charge in [0.25, 0.3) is 0 Å². The molecule has 0 spiro atoms. The second kappa shape index (κ2) is 4.97. The molecular formula is C12H16N4O. The first-order valence-corrected chi connectivity index (χ1v) is 5.62. The van der Waals surface area contributed by atoms with E-state index >= 15 is 0 Å². The molecule has 5 nitrogen and oxygen atoms in total. The summed E-state index contributed by atoms with van der Waals surface area (Å²) >= 11 is 0. The van der Waals surface area contributed by atoms with Gasteiger partial charge in [-0.15, -0.1) is 0 Å². The Bertz CT molecular complexity index is 436. The lowest BCUT2D eigenvalue weighted by Crippen LogP contribution is -2.32. The molecule has 1 aliphatic heterocycles. The molecule has 17 heavy (non-hydrogen) atoms. The van der Waals surface area contributed by atoms with E-state index in [4.69, 9.17) is 5.73 Å². The van der Waals surface area contributed by atoms with Crippen molar-refractivity contribution in [3.05, 3.63) is 29.8 Å². The summed E-state index contributed by atoms with van der Waals surface area (Å²) < 4.78 is 0. The van der Waals surface area contributed by atoms with E-state index in [1.807, 2.05) is 24.3 Å². The lowest BCUT2D eigenvalue weighted by molar-refractivity contribution is -0.117. The summed E-state index contributed by atoms with van der Waals surface area (Å²) in [6.45, 7) is 3.36. The van der Waals surface area contributed by atoms with Gasteiger partial charge in [-0.05, 0) is 31.2 Å². The number of rotatable bonds is 3. The zero-order valence-corrected chi connectivity index (χ0v) is 9.73. The molecule has 2 rings (SSSR count). The number of amides is 1. The lowest BCUT2D eigenvalue weighted by atomic mass is 10.2. The molecule has 1 unspecified atom stereocenters. The summed E-state index contributed by atoms with van der Waals surface area (Å²) in [5.41, 5.74) is 7.25. The van der Waals surface area contributed by atoms with E-state index in [-0.39, 0.29) is 5.91 Å². The molecule has 0 bridgehead atoms. The Kier molecular flexibility index (Phi) is 3.39. The Morgan fingerprint density at radius 1 is 1.47 bits per heavy atom. The van der Waals surface area contributed by atoms with Crippen LogP contribution in [0.25, 0.3) is 0 Å². The molecule has 1 aromatic carbocycles. The monoisotopic (exact) mass is 232 g/mol. The predicted octanol–water partition coefficient (Wildman–Crippen LogP) is 0.322. The molecule has 0 radical (unpaired) electrons. The fourth-order valence-corrected chi connectivity index (χ4v) is 1.56. The van der Waals surface area contributed by atoms with Crippen LogP contribution >= 0.6 is 0 Å². The second-order valence-corrected chi connectivity index (χ2v) is 4.01. The maximum absolute atomic E-state index is 11.4. The number of nitrogens with two attached hydrogens (primary N) is 1. The van der Waals surface area contributed by atoms with E-state index in [1.165, 1.54) is 0 Å². The summed E-state index contributed by atoms with van der Waals surface area (Å²) in [5.74, 6) is 0.726. The predicted molar refractivity (Wildman–Crippen MR) is 68.1 cm³/mol. The Labute approximate surface area is 100 Å². The highest BCUT2D eigenvalue weighted by Crippen LogP contribution is 2.11. The highest BCUT2D eigenvalue weighted by molar-refractivity contribution is 6.00. The van der Waals surface area contributed by atoms with Gasteiger partial charge in [-0.2, -0.15) is 0 Å². The van der Waals surface area contributed by atoms with Crippen molar-refractivity contribution in [2.45, 2.75) is 13.0 Å². The molecule has 0 aromatic heterocycles. The van der Waals surface area contributed by atoms with Crippen molar-refractivity contribution in [3.63, 3.8) is 0 Å². The van der Waals surface area contributed by atoms with Crippen LogP contribution in [0.3, 0.4) is 0 Å². The van der Waals surface area contributed by atoms with Crippen LogP contribution in [-0.4, -0.2) is 30.9 Å². The number of aliphatic imine (C=N–C) groups is 1. The van der Waals surface area contributed by atoms with Crippen molar-refractivity contribution in [1.29, 1.82) is 0 Å². The van der Waals surface area contributed by atoms with Crippen molar-refractivity contribution >= 4 is 17.4 Å². The van der Waals surface area contributed by atoms with Crippen LogP contribution in [0.5, 0.6) is 0 Å². The molecule has 0 saturated heterocycles. The number of nitrogens with zero attached hydrogens (tertiary/aromatic N) is 1. The third-order valence-corrected chi connectivity index (χ3v) is 2.51. The van der Waals surface area contributed by atoms with E-state index in [9.17, 15) is 4.79 Å². The first kappa shape index (κ1) is 11.6. The van der Waals surface area contributed by atoms with Gasteiger partial charge >= 0.3 is 0 Å². The van der Waals surface area contributed by atoms with Crippen LogP contribution in [0.15, 0.2) is 29.3 Å². The Morgan fingerprint density at radius 2 is 2.18 bits per heavy atom.